The van der Waals surface area contributed by atoms with E-state index in [1.54, 1.807) is 0 Å². The van der Waals surface area contributed by atoms with E-state index in [1.807, 2.05) is 0 Å². The number of rotatable bonds is 3. The molecule has 1 aromatic rings. The van der Waals surface area contributed by atoms with Crippen molar-refractivity contribution in [2.24, 2.45) is 0 Å². The summed E-state index contributed by atoms with van der Waals surface area (Å²) in [7, 11) is 0. The highest BCUT2D eigenvalue weighted by atomic mass is 16.3. The molecule has 0 saturated heterocycles. The predicted molar refractivity (Wildman–Crippen MR) is 77.1 cm³/mol. The van der Waals surface area contributed by atoms with E-state index < -0.39 is 5.60 Å². The van der Waals surface area contributed by atoms with E-state index in [4.69, 9.17) is 0 Å². The van der Waals surface area contributed by atoms with Crippen LogP contribution in [0.5, 0.6) is 0 Å². The molecule has 0 amide bonds. The molecule has 2 nitrogen and oxygen atoms in total. The molecule has 18 heavy (non-hydrogen) atoms. The average molecular weight is 247 g/mol. The summed E-state index contributed by atoms with van der Waals surface area (Å²) in [6.07, 6.45) is 6.73. The van der Waals surface area contributed by atoms with E-state index in [-0.39, 0.29) is 0 Å². The fourth-order valence-corrected chi connectivity index (χ4v) is 2.77. The first kappa shape index (κ1) is 13.4. The molecule has 0 heterocycles. The van der Waals surface area contributed by atoms with Crippen LogP contribution in [-0.4, -0.2) is 17.3 Å². The molecule has 0 aliphatic heterocycles. The lowest BCUT2D eigenvalue weighted by molar-refractivity contribution is 0.0381. The fourth-order valence-electron chi connectivity index (χ4n) is 2.77. The summed E-state index contributed by atoms with van der Waals surface area (Å²) < 4.78 is 0. The van der Waals surface area contributed by atoms with Crippen molar-refractivity contribution in [2.45, 2.75) is 58.0 Å². The van der Waals surface area contributed by atoms with Crippen molar-refractivity contribution in [3.05, 3.63) is 29.3 Å². The van der Waals surface area contributed by atoms with Crippen molar-refractivity contribution in [3.63, 3.8) is 0 Å². The molecule has 0 atom stereocenters. The van der Waals surface area contributed by atoms with Gasteiger partial charge in [-0.25, -0.2) is 0 Å². The Bertz CT molecular complexity index is 392. The normalized spacial score (nSPS) is 19.3. The van der Waals surface area contributed by atoms with Crippen molar-refractivity contribution in [2.75, 3.05) is 11.9 Å². The lowest BCUT2D eigenvalue weighted by Gasteiger charge is -2.28. The molecule has 0 aromatic heterocycles. The van der Waals surface area contributed by atoms with Gasteiger partial charge >= 0.3 is 0 Å². The third-order valence-corrected chi connectivity index (χ3v) is 4.25. The smallest absolute Gasteiger partial charge is 0.0819 e. The van der Waals surface area contributed by atoms with Crippen LogP contribution in [0.15, 0.2) is 18.2 Å². The van der Waals surface area contributed by atoms with Gasteiger partial charge in [0, 0.05) is 12.2 Å². The maximum Gasteiger partial charge on any atom is 0.0819 e. The molecule has 100 valence electrons. The number of hydrogen-bond donors (Lipinski definition) is 2. The van der Waals surface area contributed by atoms with E-state index in [2.05, 4.69) is 37.4 Å². The van der Waals surface area contributed by atoms with E-state index in [0.717, 1.165) is 31.4 Å². The summed E-state index contributed by atoms with van der Waals surface area (Å²) in [5.74, 6) is 0. The van der Waals surface area contributed by atoms with Crippen molar-refractivity contribution >= 4 is 5.69 Å². The number of benzene rings is 1. The van der Waals surface area contributed by atoms with Crippen molar-refractivity contribution in [3.8, 4) is 0 Å². The summed E-state index contributed by atoms with van der Waals surface area (Å²) >= 11 is 0. The molecule has 2 heteroatoms. The molecule has 1 aliphatic rings. The fraction of sp³-hybridized carbons (Fsp3) is 0.625. The van der Waals surface area contributed by atoms with Gasteiger partial charge in [0.15, 0.2) is 0 Å². The summed E-state index contributed by atoms with van der Waals surface area (Å²) in [5, 5.41) is 14.1. The van der Waals surface area contributed by atoms with Crippen LogP contribution in [0.1, 0.15) is 49.7 Å². The molecule has 2 N–H and O–H groups in total. The summed E-state index contributed by atoms with van der Waals surface area (Å²) in [5.41, 5.74) is 3.24. The van der Waals surface area contributed by atoms with Crippen LogP contribution in [0.25, 0.3) is 0 Å². The highest BCUT2D eigenvalue weighted by Gasteiger charge is 2.27. The minimum absolute atomic E-state index is 0.507. The van der Waals surface area contributed by atoms with Crippen LogP contribution < -0.4 is 5.32 Å². The van der Waals surface area contributed by atoms with Gasteiger partial charge in [0.1, 0.15) is 0 Å². The monoisotopic (exact) mass is 247 g/mol. The minimum Gasteiger partial charge on any atom is -0.388 e. The van der Waals surface area contributed by atoms with Crippen LogP contribution in [0.4, 0.5) is 5.69 Å². The van der Waals surface area contributed by atoms with Crippen molar-refractivity contribution < 1.29 is 5.11 Å². The Morgan fingerprint density at radius 3 is 2.44 bits per heavy atom. The van der Waals surface area contributed by atoms with Gasteiger partial charge in [0.05, 0.1) is 5.60 Å². The molecule has 1 fully saturated rings. The van der Waals surface area contributed by atoms with Gasteiger partial charge in [-0.3, -0.25) is 0 Å². The van der Waals surface area contributed by atoms with Crippen molar-refractivity contribution in [1.82, 2.24) is 0 Å². The Morgan fingerprint density at radius 2 is 1.78 bits per heavy atom. The third kappa shape index (κ3) is 3.26. The zero-order chi connectivity index (χ0) is 13.0. The largest absolute Gasteiger partial charge is 0.388 e. The molecule has 1 saturated carbocycles. The molecule has 1 aromatic carbocycles. The molecule has 0 radical (unpaired) electrons. The number of anilines is 1. The summed E-state index contributed by atoms with van der Waals surface area (Å²) in [6, 6.07) is 6.30. The van der Waals surface area contributed by atoms with Gasteiger partial charge in [-0.1, -0.05) is 37.8 Å². The second-order valence-corrected chi connectivity index (χ2v) is 5.74. The zero-order valence-corrected chi connectivity index (χ0v) is 11.6. The molecular weight excluding hydrogens is 222 g/mol. The Morgan fingerprint density at radius 1 is 1.11 bits per heavy atom. The first-order chi connectivity index (χ1) is 8.61. The van der Waals surface area contributed by atoms with Crippen molar-refractivity contribution in [1.29, 1.82) is 0 Å². The number of nitrogens with one attached hydrogen (secondary N) is 1. The first-order valence-electron chi connectivity index (χ1n) is 7.13. The SMILES string of the molecule is Cc1cccc(NCC2(O)CCCCCC2)c1C. The van der Waals surface area contributed by atoms with Gasteiger partial charge < -0.3 is 10.4 Å². The van der Waals surface area contributed by atoms with Crippen LogP contribution in [0, 0.1) is 13.8 Å². The van der Waals surface area contributed by atoms with Crippen LogP contribution in [0.2, 0.25) is 0 Å². The molecular formula is C16H25NO. The second kappa shape index (κ2) is 5.75. The topological polar surface area (TPSA) is 32.3 Å². The quantitative estimate of drug-likeness (QED) is 0.796. The lowest BCUT2D eigenvalue weighted by atomic mass is 9.94. The zero-order valence-electron chi connectivity index (χ0n) is 11.6. The highest BCUT2D eigenvalue weighted by Crippen LogP contribution is 2.28. The van der Waals surface area contributed by atoms with Gasteiger partial charge in [-0.05, 0) is 43.9 Å². The Balaban J connectivity index is 1.99. The van der Waals surface area contributed by atoms with Gasteiger partial charge in [-0.2, -0.15) is 0 Å². The number of aliphatic hydroxyl groups is 1. The van der Waals surface area contributed by atoms with Gasteiger partial charge in [-0.15, -0.1) is 0 Å². The molecule has 2 rings (SSSR count). The van der Waals surface area contributed by atoms with E-state index in [0.29, 0.717) is 6.54 Å². The second-order valence-electron chi connectivity index (χ2n) is 5.74. The molecule has 0 spiro atoms. The molecule has 1 aliphatic carbocycles. The predicted octanol–water partition coefficient (Wildman–Crippen LogP) is 3.80. The number of aryl methyl sites for hydroxylation is 1. The van der Waals surface area contributed by atoms with E-state index in [1.165, 1.54) is 24.0 Å². The number of hydrogen-bond acceptors (Lipinski definition) is 2. The summed E-state index contributed by atoms with van der Waals surface area (Å²) in [4.78, 5) is 0. The van der Waals surface area contributed by atoms with Crippen LogP contribution in [-0.2, 0) is 0 Å². The standard InChI is InChI=1S/C16H25NO/c1-13-8-7-9-15(14(13)2)17-12-16(18)10-5-3-4-6-11-16/h7-9,17-18H,3-6,10-12H2,1-2H3. The first-order valence-corrected chi connectivity index (χ1v) is 7.13. The Kier molecular flexibility index (Phi) is 4.28. The van der Waals surface area contributed by atoms with E-state index >= 15 is 0 Å². The molecule has 0 bridgehead atoms. The van der Waals surface area contributed by atoms with Gasteiger partial charge in [0.2, 0.25) is 0 Å². The lowest BCUT2D eigenvalue weighted by Crippen LogP contribution is -2.36. The highest BCUT2D eigenvalue weighted by molar-refractivity contribution is 5.53. The maximum atomic E-state index is 10.6. The van der Waals surface area contributed by atoms with Crippen LogP contribution >= 0.6 is 0 Å². The van der Waals surface area contributed by atoms with Crippen LogP contribution in [0.3, 0.4) is 0 Å². The Hall–Kier alpha value is -1.02. The Labute approximate surface area is 110 Å². The maximum absolute atomic E-state index is 10.6. The van der Waals surface area contributed by atoms with Gasteiger partial charge in [0.25, 0.3) is 0 Å². The van der Waals surface area contributed by atoms with E-state index in [9.17, 15) is 5.11 Å². The third-order valence-electron chi connectivity index (χ3n) is 4.25. The summed E-state index contributed by atoms with van der Waals surface area (Å²) in [6.45, 7) is 4.94. The molecule has 0 unspecified atom stereocenters. The minimum atomic E-state index is -0.507. The average Bonchev–Trinajstić information content (AvgIpc) is 2.57.